The van der Waals surface area contributed by atoms with Gasteiger partial charge in [-0.25, -0.2) is 0 Å². The Morgan fingerprint density at radius 3 is 2.68 bits per heavy atom. The second-order valence-electron chi connectivity index (χ2n) is 6.62. The molecule has 28 heavy (non-hydrogen) atoms. The average molecular weight is 382 g/mol. The van der Waals surface area contributed by atoms with E-state index in [0.29, 0.717) is 43.1 Å². The SMILES string of the molecule is CCC(=O)Nc1ccc2c(c1)N(CCCOc1ccc(CC)cc1)C(=O)CO2. The summed E-state index contributed by atoms with van der Waals surface area (Å²) in [6.07, 6.45) is 2.08. The van der Waals surface area contributed by atoms with E-state index in [4.69, 9.17) is 9.47 Å². The number of rotatable bonds is 8. The minimum absolute atomic E-state index is 0.0208. The van der Waals surface area contributed by atoms with Crippen LogP contribution in [0.4, 0.5) is 11.4 Å². The van der Waals surface area contributed by atoms with Gasteiger partial charge in [0.25, 0.3) is 5.91 Å². The molecule has 148 valence electrons. The van der Waals surface area contributed by atoms with Crippen LogP contribution in [-0.4, -0.2) is 31.6 Å². The number of aryl methyl sites for hydroxylation is 1. The number of anilines is 2. The lowest BCUT2D eigenvalue weighted by Gasteiger charge is -2.29. The Kier molecular flexibility index (Phi) is 6.53. The lowest BCUT2D eigenvalue weighted by atomic mass is 10.2. The first-order valence-corrected chi connectivity index (χ1v) is 9.69. The summed E-state index contributed by atoms with van der Waals surface area (Å²) in [5, 5.41) is 2.82. The fourth-order valence-electron chi connectivity index (χ4n) is 3.01. The molecule has 0 aromatic heterocycles. The van der Waals surface area contributed by atoms with Gasteiger partial charge in [0.2, 0.25) is 5.91 Å². The third-order valence-electron chi connectivity index (χ3n) is 4.63. The van der Waals surface area contributed by atoms with Crippen molar-refractivity contribution in [2.45, 2.75) is 33.1 Å². The monoisotopic (exact) mass is 382 g/mol. The van der Waals surface area contributed by atoms with Crippen molar-refractivity contribution >= 4 is 23.2 Å². The van der Waals surface area contributed by atoms with Gasteiger partial charge in [-0.3, -0.25) is 9.59 Å². The summed E-state index contributed by atoms with van der Waals surface area (Å²) in [5.41, 5.74) is 2.60. The number of hydrogen-bond acceptors (Lipinski definition) is 4. The molecule has 0 bridgehead atoms. The molecule has 2 aromatic carbocycles. The molecule has 0 radical (unpaired) electrons. The highest BCUT2D eigenvalue weighted by Gasteiger charge is 2.25. The first-order valence-electron chi connectivity index (χ1n) is 9.69. The number of hydrogen-bond donors (Lipinski definition) is 1. The lowest BCUT2D eigenvalue weighted by Crippen LogP contribution is -2.39. The first kappa shape index (κ1) is 19.7. The summed E-state index contributed by atoms with van der Waals surface area (Å²) >= 11 is 0. The van der Waals surface area contributed by atoms with E-state index >= 15 is 0 Å². The molecule has 1 N–H and O–H groups in total. The van der Waals surface area contributed by atoms with Gasteiger partial charge in [-0.15, -0.1) is 0 Å². The van der Waals surface area contributed by atoms with Gasteiger partial charge in [-0.05, 0) is 48.7 Å². The summed E-state index contributed by atoms with van der Waals surface area (Å²) < 4.78 is 11.3. The van der Waals surface area contributed by atoms with Crippen molar-refractivity contribution in [3.05, 3.63) is 48.0 Å². The van der Waals surface area contributed by atoms with Crippen molar-refractivity contribution in [1.29, 1.82) is 0 Å². The molecular weight excluding hydrogens is 356 g/mol. The molecule has 1 aliphatic heterocycles. The largest absolute Gasteiger partial charge is 0.494 e. The zero-order valence-corrected chi connectivity index (χ0v) is 16.4. The number of nitrogens with zero attached hydrogens (tertiary/aromatic N) is 1. The van der Waals surface area contributed by atoms with E-state index in [1.807, 2.05) is 12.1 Å². The van der Waals surface area contributed by atoms with Crippen LogP contribution >= 0.6 is 0 Å². The van der Waals surface area contributed by atoms with Crippen LogP contribution in [0.3, 0.4) is 0 Å². The average Bonchev–Trinajstić information content (AvgIpc) is 2.72. The van der Waals surface area contributed by atoms with Gasteiger partial charge in [0, 0.05) is 18.7 Å². The summed E-state index contributed by atoms with van der Waals surface area (Å²) in [5.74, 6) is 1.30. The molecule has 0 fully saturated rings. The zero-order chi connectivity index (χ0) is 19.9. The van der Waals surface area contributed by atoms with E-state index < -0.39 is 0 Å². The maximum Gasteiger partial charge on any atom is 0.265 e. The van der Waals surface area contributed by atoms with Crippen molar-refractivity contribution in [2.75, 3.05) is 30.0 Å². The van der Waals surface area contributed by atoms with Gasteiger partial charge in [0.05, 0.1) is 12.3 Å². The molecular formula is C22H26N2O4. The molecule has 6 nitrogen and oxygen atoms in total. The van der Waals surface area contributed by atoms with E-state index in [9.17, 15) is 9.59 Å². The van der Waals surface area contributed by atoms with Crippen LogP contribution < -0.4 is 19.7 Å². The number of benzene rings is 2. The maximum absolute atomic E-state index is 12.4. The highest BCUT2D eigenvalue weighted by molar-refractivity contribution is 5.99. The lowest BCUT2D eigenvalue weighted by molar-refractivity contribution is -0.121. The molecule has 2 amide bonds. The molecule has 1 aliphatic rings. The van der Waals surface area contributed by atoms with E-state index in [2.05, 4.69) is 24.4 Å². The predicted octanol–water partition coefficient (Wildman–Crippen LogP) is 3.79. The number of fused-ring (bicyclic) bond motifs is 1. The second-order valence-corrected chi connectivity index (χ2v) is 6.62. The van der Waals surface area contributed by atoms with Crippen molar-refractivity contribution in [3.8, 4) is 11.5 Å². The van der Waals surface area contributed by atoms with Crippen LogP contribution in [-0.2, 0) is 16.0 Å². The quantitative estimate of drug-likeness (QED) is 0.706. The number of ether oxygens (including phenoxy) is 2. The number of amides is 2. The molecule has 6 heteroatoms. The predicted molar refractivity (Wildman–Crippen MR) is 109 cm³/mol. The zero-order valence-electron chi connectivity index (χ0n) is 16.4. The molecule has 0 atom stereocenters. The third kappa shape index (κ3) is 4.82. The standard InChI is InChI=1S/C22H26N2O4/c1-3-16-6-9-18(10-7-16)27-13-5-12-24-19-14-17(23-21(25)4-2)8-11-20(19)28-15-22(24)26/h6-11,14H,3-5,12-13,15H2,1-2H3,(H,23,25). The topological polar surface area (TPSA) is 67.9 Å². The fourth-order valence-corrected chi connectivity index (χ4v) is 3.01. The minimum atomic E-state index is -0.0984. The molecule has 0 saturated heterocycles. The van der Waals surface area contributed by atoms with E-state index in [1.165, 1.54) is 5.56 Å². The summed E-state index contributed by atoms with van der Waals surface area (Å²) in [4.78, 5) is 25.7. The van der Waals surface area contributed by atoms with Crippen molar-refractivity contribution in [1.82, 2.24) is 0 Å². The second kappa shape index (κ2) is 9.26. The van der Waals surface area contributed by atoms with Crippen LogP contribution in [0.5, 0.6) is 11.5 Å². The Labute approximate surface area is 165 Å². The van der Waals surface area contributed by atoms with Gasteiger partial charge in [-0.1, -0.05) is 26.0 Å². The Morgan fingerprint density at radius 1 is 1.18 bits per heavy atom. The summed E-state index contributed by atoms with van der Waals surface area (Å²) in [6.45, 7) is 4.97. The highest BCUT2D eigenvalue weighted by Crippen LogP contribution is 2.34. The summed E-state index contributed by atoms with van der Waals surface area (Å²) in [6, 6.07) is 13.4. The van der Waals surface area contributed by atoms with E-state index in [0.717, 1.165) is 12.2 Å². The van der Waals surface area contributed by atoms with E-state index in [-0.39, 0.29) is 18.4 Å². The number of carbonyl (C=O) groups excluding carboxylic acids is 2. The molecule has 3 rings (SSSR count). The normalized spacial score (nSPS) is 12.9. The molecule has 0 saturated carbocycles. The van der Waals surface area contributed by atoms with Crippen LogP contribution in [0.2, 0.25) is 0 Å². The van der Waals surface area contributed by atoms with Crippen LogP contribution in [0, 0.1) is 0 Å². The third-order valence-corrected chi connectivity index (χ3v) is 4.63. The first-order chi connectivity index (χ1) is 13.6. The highest BCUT2D eigenvalue weighted by atomic mass is 16.5. The maximum atomic E-state index is 12.4. The molecule has 0 unspecified atom stereocenters. The molecule has 2 aromatic rings. The van der Waals surface area contributed by atoms with Gasteiger partial charge in [0.15, 0.2) is 6.61 Å². The fraction of sp³-hybridized carbons (Fsp3) is 0.364. The molecule has 0 aliphatic carbocycles. The molecule has 0 spiro atoms. The van der Waals surface area contributed by atoms with Crippen molar-refractivity contribution in [3.63, 3.8) is 0 Å². The van der Waals surface area contributed by atoms with Crippen LogP contribution in [0.25, 0.3) is 0 Å². The van der Waals surface area contributed by atoms with Crippen LogP contribution in [0.15, 0.2) is 42.5 Å². The van der Waals surface area contributed by atoms with Gasteiger partial charge in [-0.2, -0.15) is 0 Å². The Hall–Kier alpha value is -3.02. The van der Waals surface area contributed by atoms with Gasteiger partial charge >= 0.3 is 0 Å². The molecule has 1 heterocycles. The van der Waals surface area contributed by atoms with Crippen molar-refractivity contribution < 1.29 is 19.1 Å². The summed E-state index contributed by atoms with van der Waals surface area (Å²) in [7, 11) is 0. The Bertz CT molecular complexity index is 833. The Balaban J connectivity index is 1.61. The number of carbonyl (C=O) groups is 2. The Morgan fingerprint density at radius 2 is 1.96 bits per heavy atom. The van der Waals surface area contributed by atoms with Crippen molar-refractivity contribution in [2.24, 2.45) is 0 Å². The van der Waals surface area contributed by atoms with Crippen LogP contribution in [0.1, 0.15) is 32.3 Å². The van der Waals surface area contributed by atoms with E-state index in [1.54, 1.807) is 30.0 Å². The minimum Gasteiger partial charge on any atom is -0.494 e. The smallest absolute Gasteiger partial charge is 0.265 e. The van der Waals surface area contributed by atoms with Gasteiger partial charge < -0.3 is 19.7 Å². The van der Waals surface area contributed by atoms with Gasteiger partial charge in [0.1, 0.15) is 11.5 Å². The number of nitrogens with one attached hydrogen (secondary N) is 1.